The molecule has 0 saturated carbocycles. The van der Waals surface area contributed by atoms with Crippen LogP contribution < -0.4 is 0 Å². The van der Waals surface area contributed by atoms with Crippen LogP contribution >= 0.6 is 11.3 Å². The SMILES string of the molecule is Cc1nc(-c2ccccc2)sc1C(=O)C1=C(O)C(=O)N(Cc2ccc(C(=O)O)cc2)C1c1ccc(C(C)(C)C)cc1. The van der Waals surface area contributed by atoms with Crippen LogP contribution in [0.1, 0.15) is 69.2 Å². The monoisotopic (exact) mass is 566 g/mol. The molecule has 0 radical (unpaired) electrons. The average molecular weight is 567 g/mol. The van der Waals surface area contributed by atoms with Crippen LogP contribution in [0.15, 0.2) is 90.2 Å². The van der Waals surface area contributed by atoms with Gasteiger partial charge in [0.05, 0.1) is 27.7 Å². The Kier molecular flexibility index (Phi) is 7.36. The van der Waals surface area contributed by atoms with Gasteiger partial charge in [0.25, 0.3) is 5.91 Å². The number of hydrogen-bond acceptors (Lipinski definition) is 6. The highest BCUT2D eigenvalue weighted by Gasteiger charge is 2.44. The highest BCUT2D eigenvalue weighted by atomic mass is 32.1. The minimum atomic E-state index is -1.05. The minimum absolute atomic E-state index is 0.00651. The van der Waals surface area contributed by atoms with Gasteiger partial charge in [-0.05, 0) is 41.2 Å². The summed E-state index contributed by atoms with van der Waals surface area (Å²) in [6, 6.07) is 22.6. The zero-order valence-corrected chi connectivity index (χ0v) is 24.0. The molecule has 4 aromatic rings. The van der Waals surface area contributed by atoms with Crippen LogP contribution in [0.4, 0.5) is 0 Å². The summed E-state index contributed by atoms with van der Waals surface area (Å²) in [5.41, 5.74) is 3.88. The van der Waals surface area contributed by atoms with E-state index in [1.165, 1.54) is 28.4 Å². The number of amides is 1. The molecular formula is C33H30N2O5S. The van der Waals surface area contributed by atoms with E-state index in [1.807, 2.05) is 54.6 Å². The number of aromatic carboxylic acids is 1. The van der Waals surface area contributed by atoms with Crippen LogP contribution in [0.5, 0.6) is 0 Å². The molecule has 41 heavy (non-hydrogen) atoms. The Labute approximate surface area is 242 Å². The van der Waals surface area contributed by atoms with E-state index in [2.05, 4.69) is 25.8 Å². The Morgan fingerprint density at radius 3 is 2.17 bits per heavy atom. The molecule has 0 aliphatic carbocycles. The number of hydrogen-bond donors (Lipinski definition) is 2. The van der Waals surface area contributed by atoms with E-state index in [9.17, 15) is 24.6 Å². The van der Waals surface area contributed by atoms with Crippen LogP contribution in [-0.2, 0) is 16.8 Å². The van der Waals surface area contributed by atoms with Gasteiger partial charge in [0.15, 0.2) is 5.76 Å². The van der Waals surface area contributed by atoms with Crippen LogP contribution in [0.2, 0.25) is 0 Å². The Balaban J connectivity index is 1.57. The molecule has 7 nitrogen and oxygen atoms in total. The summed E-state index contributed by atoms with van der Waals surface area (Å²) in [5.74, 6) is -2.74. The first-order valence-electron chi connectivity index (χ1n) is 13.2. The highest BCUT2D eigenvalue weighted by Crippen LogP contribution is 2.42. The summed E-state index contributed by atoms with van der Waals surface area (Å²) in [4.78, 5) is 45.4. The number of aliphatic hydroxyl groups excluding tert-OH is 1. The predicted molar refractivity (Wildman–Crippen MR) is 158 cm³/mol. The summed E-state index contributed by atoms with van der Waals surface area (Å²) in [7, 11) is 0. The minimum Gasteiger partial charge on any atom is -0.503 e. The largest absolute Gasteiger partial charge is 0.503 e. The number of carboxylic acids is 1. The van der Waals surface area contributed by atoms with E-state index in [-0.39, 0.29) is 23.1 Å². The van der Waals surface area contributed by atoms with Gasteiger partial charge in [-0.1, -0.05) is 87.5 Å². The molecule has 0 saturated heterocycles. The lowest BCUT2D eigenvalue weighted by atomic mass is 9.85. The topological polar surface area (TPSA) is 108 Å². The lowest BCUT2D eigenvalue weighted by Gasteiger charge is -2.28. The molecule has 3 aromatic carbocycles. The summed E-state index contributed by atoms with van der Waals surface area (Å²) < 4.78 is 0. The van der Waals surface area contributed by atoms with Gasteiger partial charge < -0.3 is 15.1 Å². The van der Waals surface area contributed by atoms with Crippen molar-refractivity contribution in [1.29, 1.82) is 0 Å². The number of aliphatic hydroxyl groups is 1. The molecule has 208 valence electrons. The lowest BCUT2D eigenvalue weighted by Crippen LogP contribution is -2.30. The standard InChI is InChI=1S/C33H30N2O5S/c1-19-29(41-30(34-19)22-8-6-5-7-9-22)27(36)25-26(21-14-16-24(17-15-21)33(2,3)4)35(31(38)28(25)37)18-20-10-12-23(13-11-20)32(39)40/h5-17,26,37H,18H2,1-4H3,(H,39,40). The van der Waals surface area contributed by atoms with Crippen LogP contribution in [0.3, 0.4) is 0 Å². The number of ketones is 1. The Morgan fingerprint density at radius 2 is 1.59 bits per heavy atom. The molecule has 1 aromatic heterocycles. The number of nitrogens with zero attached hydrogens (tertiary/aromatic N) is 2. The summed E-state index contributed by atoms with van der Waals surface area (Å²) in [6.45, 7) is 8.13. The van der Waals surface area contributed by atoms with Crippen molar-refractivity contribution in [2.75, 3.05) is 0 Å². The van der Waals surface area contributed by atoms with Gasteiger partial charge >= 0.3 is 5.97 Å². The van der Waals surface area contributed by atoms with E-state index in [0.29, 0.717) is 26.7 Å². The fraction of sp³-hybridized carbons (Fsp3) is 0.212. The van der Waals surface area contributed by atoms with E-state index >= 15 is 0 Å². The third-order valence-electron chi connectivity index (χ3n) is 7.22. The summed E-state index contributed by atoms with van der Waals surface area (Å²) >= 11 is 1.23. The molecule has 2 N–H and O–H groups in total. The number of carboxylic acid groups (broad SMARTS) is 1. The molecule has 0 spiro atoms. The molecular weight excluding hydrogens is 536 g/mol. The second-order valence-corrected chi connectivity index (χ2v) is 12.1. The predicted octanol–water partition coefficient (Wildman–Crippen LogP) is 6.89. The summed E-state index contributed by atoms with van der Waals surface area (Å²) in [6.07, 6.45) is 0. The van der Waals surface area contributed by atoms with Crippen LogP contribution in [-0.4, -0.2) is 37.8 Å². The van der Waals surface area contributed by atoms with E-state index < -0.39 is 29.5 Å². The second kappa shape index (κ2) is 10.8. The maximum atomic E-state index is 14.1. The number of carbonyl (C=O) groups excluding carboxylic acids is 2. The molecule has 2 heterocycles. The highest BCUT2D eigenvalue weighted by molar-refractivity contribution is 7.17. The molecule has 1 atom stereocenters. The van der Waals surface area contributed by atoms with Gasteiger partial charge in [0, 0.05) is 12.1 Å². The number of Topliss-reactive ketones (excluding diaryl/α,β-unsaturated/α-hetero) is 1. The molecule has 0 bridgehead atoms. The molecule has 8 heteroatoms. The number of aromatic nitrogens is 1. The van der Waals surface area contributed by atoms with Gasteiger partial charge in [-0.15, -0.1) is 11.3 Å². The van der Waals surface area contributed by atoms with Gasteiger partial charge in [0.1, 0.15) is 5.01 Å². The smallest absolute Gasteiger partial charge is 0.335 e. The number of carbonyl (C=O) groups is 3. The Morgan fingerprint density at radius 1 is 0.951 bits per heavy atom. The number of rotatable bonds is 7. The number of benzene rings is 3. The van der Waals surface area contributed by atoms with Gasteiger partial charge in [-0.25, -0.2) is 9.78 Å². The van der Waals surface area contributed by atoms with Gasteiger partial charge in [-0.2, -0.15) is 0 Å². The zero-order chi connectivity index (χ0) is 29.5. The van der Waals surface area contributed by atoms with Crippen molar-refractivity contribution < 1.29 is 24.6 Å². The lowest BCUT2D eigenvalue weighted by molar-refractivity contribution is -0.130. The van der Waals surface area contributed by atoms with Crippen LogP contribution in [0.25, 0.3) is 10.6 Å². The molecule has 1 amide bonds. The third-order valence-corrected chi connectivity index (χ3v) is 8.42. The van der Waals surface area contributed by atoms with Crippen LogP contribution in [0, 0.1) is 6.92 Å². The van der Waals surface area contributed by atoms with Crippen molar-refractivity contribution in [1.82, 2.24) is 9.88 Å². The zero-order valence-electron chi connectivity index (χ0n) is 23.2. The van der Waals surface area contributed by atoms with E-state index in [4.69, 9.17) is 0 Å². The van der Waals surface area contributed by atoms with Crippen molar-refractivity contribution in [2.45, 2.75) is 45.7 Å². The van der Waals surface area contributed by atoms with Gasteiger partial charge in [0.2, 0.25) is 5.78 Å². The summed E-state index contributed by atoms with van der Waals surface area (Å²) in [5, 5.41) is 21.1. The second-order valence-electron chi connectivity index (χ2n) is 11.1. The Hall–Kier alpha value is -4.56. The first-order chi connectivity index (χ1) is 19.5. The maximum absolute atomic E-state index is 14.1. The molecule has 0 fully saturated rings. The first kappa shape index (κ1) is 28.0. The fourth-order valence-electron chi connectivity index (χ4n) is 4.94. The number of thiazole rings is 1. The molecule has 5 rings (SSSR count). The average Bonchev–Trinajstić information content (AvgIpc) is 3.46. The molecule has 1 unspecified atom stereocenters. The van der Waals surface area contributed by atoms with E-state index in [0.717, 1.165) is 11.1 Å². The van der Waals surface area contributed by atoms with Crippen molar-refractivity contribution in [3.63, 3.8) is 0 Å². The molecule has 1 aliphatic heterocycles. The third kappa shape index (κ3) is 5.43. The fourth-order valence-corrected chi connectivity index (χ4v) is 5.97. The van der Waals surface area contributed by atoms with Crippen molar-refractivity contribution >= 4 is 29.0 Å². The Bertz CT molecular complexity index is 1660. The van der Waals surface area contributed by atoms with Crippen molar-refractivity contribution in [3.8, 4) is 10.6 Å². The number of aryl methyl sites for hydroxylation is 1. The van der Waals surface area contributed by atoms with E-state index in [1.54, 1.807) is 19.1 Å². The maximum Gasteiger partial charge on any atom is 0.335 e. The van der Waals surface area contributed by atoms with Gasteiger partial charge in [-0.3, -0.25) is 9.59 Å². The first-order valence-corrected chi connectivity index (χ1v) is 14.0. The van der Waals surface area contributed by atoms with Crippen molar-refractivity contribution in [2.24, 2.45) is 0 Å². The normalized spacial score (nSPS) is 15.5. The van der Waals surface area contributed by atoms with Crippen molar-refractivity contribution in [3.05, 3.63) is 123 Å². The molecule has 1 aliphatic rings. The quantitative estimate of drug-likeness (QED) is 0.236.